The molecule has 0 aromatic heterocycles. The summed E-state index contributed by atoms with van der Waals surface area (Å²) in [6.07, 6.45) is 1.54. The molecule has 3 amide bonds. The van der Waals surface area contributed by atoms with Gasteiger partial charge in [0.25, 0.3) is 0 Å². The lowest BCUT2D eigenvalue weighted by Crippen LogP contribution is -2.48. The maximum absolute atomic E-state index is 12.5. The van der Waals surface area contributed by atoms with Crippen LogP contribution in [0.2, 0.25) is 0 Å². The Morgan fingerprint density at radius 3 is 2.87 bits per heavy atom. The molecular weight excluding hydrogens is 294 g/mol. The summed E-state index contributed by atoms with van der Waals surface area (Å²) in [5.41, 5.74) is 0.655. The first-order chi connectivity index (χ1) is 11.0. The molecule has 126 valence electrons. The molecule has 1 atom stereocenters. The number of nitrogens with zero attached hydrogens (tertiary/aromatic N) is 1. The molecule has 1 aromatic rings. The van der Waals surface area contributed by atoms with Crippen LogP contribution in [0.5, 0.6) is 5.75 Å². The van der Waals surface area contributed by atoms with Crippen molar-refractivity contribution < 1.29 is 14.3 Å². The van der Waals surface area contributed by atoms with Crippen molar-refractivity contribution in [1.82, 2.24) is 10.2 Å². The first-order valence-electron chi connectivity index (χ1n) is 8.00. The van der Waals surface area contributed by atoms with Crippen LogP contribution in [-0.4, -0.2) is 43.1 Å². The third-order valence-electron chi connectivity index (χ3n) is 3.82. The average Bonchev–Trinajstić information content (AvgIpc) is 3.02. The normalized spacial score (nSPS) is 17.2. The van der Waals surface area contributed by atoms with Gasteiger partial charge in [-0.1, -0.05) is 19.9 Å². The van der Waals surface area contributed by atoms with Crippen molar-refractivity contribution in [2.45, 2.75) is 32.7 Å². The Balaban J connectivity index is 1.98. The van der Waals surface area contributed by atoms with Gasteiger partial charge in [0.15, 0.2) is 0 Å². The summed E-state index contributed by atoms with van der Waals surface area (Å²) in [6, 6.07) is 6.53. The van der Waals surface area contributed by atoms with Crippen LogP contribution in [0.25, 0.3) is 0 Å². The van der Waals surface area contributed by atoms with Gasteiger partial charge in [0.1, 0.15) is 11.8 Å². The molecule has 0 bridgehead atoms. The zero-order valence-corrected chi connectivity index (χ0v) is 14.0. The fourth-order valence-electron chi connectivity index (χ4n) is 2.60. The molecule has 1 aliphatic rings. The number of likely N-dealkylation sites (tertiary alicyclic amines) is 1. The Morgan fingerprint density at radius 2 is 2.17 bits per heavy atom. The number of benzene rings is 1. The number of anilines is 1. The van der Waals surface area contributed by atoms with Gasteiger partial charge in [-0.15, -0.1) is 0 Å². The molecule has 23 heavy (non-hydrogen) atoms. The van der Waals surface area contributed by atoms with Gasteiger partial charge in [-0.3, -0.25) is 4.79 Å². The van der Waals surface area contributed by atoms with Gasteiger partial charge in [0.05, 0.1) is 7.11 Å². The monoisotopic (exact) mass is 319 g/mol. The predicted molar refractivity (Wildman–Crippen MR) is 89.6 cm³/mol. The minimum atomic E-state index is -0.389. The lowest BCUT2D eigenvalue weighted by atomic mass is 10.2. The predicted octanol–water partition coefficient (Wildman–Crippen LogP) is 2.46. The van der Waals surface area contributed by atoms with Gasteiger partial charge in [-0.25, -0.2) is 4.79 Å². The summed E-state index contributed by atoms with van der Waals surface area (Å²) >= 11 is 0. The quantitative estimate of drug-likeness (QED) is 0.876. The van der Waals surface area contributed by atoms with Crippen LogP contribution in [0.15, 0.2) is 24.3 Å². The van der Waals surface area contributed by atoms with Crippen molar-refractivity contribution in [2.75, 3.05) is 25.5 Å². The third kappa shape index (κ3) is 4.61. The molecule has 0 aliphatic carbocycles. The number of amides is 3. The van der Waals surface area contributed by atoms with Gasteiger partial charge in [-0.2, -0.15) is 0 Å². The van der Waals surface area contributed by atoms with Crippen molar-refractivity contribution >= 4 is 17.6 Å². The van der Waals surface area contributed by atoms with E-state index < -0.39 is 0 Å². The fourth-order valence-corrected chi connectivity index (χ4v) is 2.60. The molecule has 0 spiro atoms. The summed E-state index contributed by atoms with van der Waals surface area (Å²) in [5, 5.41) is 5.75. The van der Waals surface area contributed by atoms with Crippen LogP contribution in [-0.2, 0) is 4.79 Å². The second-order valence-electron chi connectivity index (χ2n) is 6.15. The molecule has 1 fully saturated rings. The zero-order valence-electron chi connectivity index (χ0n) is 14.0. The molecule has 6 nitrogen and oxygen atoms in total. The van der Waals surface area contributed by atoms with Crippen molar-refractivity contribution in [3.63, 3.8) is 0 Å². The van der Waals surface area contributed by atoms with E-state index in [0.29, 0.717) is 36.9 Å². The van der Waals surface area contributed by atoms with E-state index in [0.717, 1.165) is 6.42 Å². The van der Waals surface area contributed by atoms with E-state index in [1.165, 1.54) is 0 Å². The lowest BCUT2D eigenvalue weighted by Gasteiger charge is -2.24. The molecule has 1 saturated heterocycles. The summed E-state index contributed by atoms with van der Waals surface area (Å²) in [7, 11) is 1.58. The number of hydrogen-bond donors (Lipinski definition) is 2. The first kappa shape index (κ1) is 17.1. The van der Waals surface area contributed by atoms with E-state index in [9.17, 15) is 9.59 Å². The first-order valence-corrected chi connectivity index (χ1v) is 8.00. The van der Waals surface area contributed by atoms with E-state index in [-0.39, 0.29) is 18.0 Å². The van der Waals surface area contributed by atoms with Crippen LogP contribution in [0, 0.1) is 5.92 Å². The van der Waals surface area contributed by atoms with Gasteiger partial charge in [0.2, 0.25) is 5.91 Å². The average molecular weight is 319 g/mol. The summed E-state index contributed by atoms with van der Waals surface area (Å²) in [5.74, 6) is 0.992. The van der Waals surface area contributed by atoms with E-state index in [1.54, 1.807) is 24.1 Å². The van der Waals surface area contributed by atoms with Crippen molar-refractivity contribution in [3.8, 4) is 5.75 Å². The topological polar surface area (TPSA) is 70.7 Å². The summed E-state index contributed by atoms with van der Waals surface area (Å²) in [4.78, 5) is 26.3. The molecule has 1 aromatic carbocycles. The number of carbonyl (C=O) groups is 2. The Kier molecular flexibility index (Phi) is 5.84. The number of rotatable bonds is 5. The summed E-state index contributed by atoms with van der Waals surface area (Å²) in [6.45, 7) is 5.31. The van der Waals surface area contributed by atoms with Crippen molar-refractivity contribution in [1.29, 1.82) is 0 Å². The largest absolute Gasteiger partial charge is 0.497 e. The van der Waals surface area contributed by atoms with Crippen LogP contribution < -0.4 is 15.4 Å². The number of methoxy groups -OCH3 is 1. The number of nitrogens with one attached hydrogen (secondary N) is 2. The lowest BCUT2D eigenvalue weighted by molar-refractivity contribution is -0.124. The van der Waals surface area contributed by atoms with Crippen LogP contribution in [0.4, 0.5) is 10.5 Å². The highest BCUT2D eigenvalue weighted by atomic mass is 16.5. The molecule has 2 rings (SSSR count). The van der Waals surface area contributed by atoms with E-state index in [4.69, 9.17) is 4.74 Å². The zero-order chi connectivity index (χ0) is 16.8. The second-order valence-corrected chi connectivity index (χ2v) is 6.15. The molecule has 0 radical (unpaired) electrons. The van der Waals surface area contributed by atoms with Crippen LogP contribution in [0.1, 0.15) is 26.7 Å². The Labute approximate surface area is 137 Å². The molecule has 0 saturated carbocycles. The third-order valence-corrected chi connectivity index (χ3v) is 3.82. The van der Waals surface area contributed by atoms with Gasteiger partial charge >= 0.3 is 6.03 Å². The summed E-state index contributed by atoms with van der Waals surface area (Å²) < 4.78 is 5.15. The van der Waals surface area contributed by atoms with E-state index in [2.05, 4.69) is 10.6 Å². The maximum atomic E-state index is 12.5. The van der Waals surface area contributed by atoms with Crippen molar-refractivity contribution in [3.05, 3.63) is 24.3 Å². The maximum Gasteiger partial charge on any atom is 0.322 e. The smallest absolute Gasteiger partial charge is 0.322 e. The van der Waals surface area contributed by atoms with E-state index >= 15 is 0 Å². The van der Waals surface area contributed by atoms with E-state index in [1.807, 2.05) is 26.0 Å². The number of urea groups is 1. The molecule has 0 unspecified atom stereocenters. The second kappa shape index (κ2) is 7.85. The number of carbonyl (C=O) groups excluding carboxylic acids is 2. The number of hydrogen-bond acceptors (Lipinski definition) is 3. The molecule has 2 N–H and O–H groups in total. The Bertz CT molecular complexity index is 560. The standard InChI is InChI=1S/C17H25N3O3/c1-12(2)11-18-16(21)15-8-5-9-20(15)17(22)19-13-6-4-7-14(10-13)23-3/h4,6-7,10,12,15H,5,8-9,11H2,1-3H3,(H,18,21)(H,19,22)/t15-/m0/s1. The molecular formula is C17H25N3O3. The Morgan fingerprint density at radius 1 is 1.39 bits per heavy atom. The van der Waals surface area contributed by atoms with Crippen LogP contribution in [0.3, 0.4) is 0 Å². The SMILES string of the molecule is COc1cccc(NC(=O)N2CCC[C@H]2C(=O)NCC(C)C)c1. The molecule has 6 heteroatoms. The van der Waals surface area contributed by atoms with Gasteiger partial charge in [0, 0.05) is 24.8 Å². The van der Waals surface area contributed by atoms with Crippen molar-refractivity contribution in [2.24, 2.45) is 5.92 Å². The molecule has 1 aliphatic heterocycles. The van der Waals surface area contributed by atoms with Gasteiger partial charge < -0.3 is 20.3 Å². The van der Waals surface area contributed by atoms with Crippen LogP contribution >= 0.6 is 0 Å². The van der Waals surface area contributed by atoms with Gasteiger partial charge in [-0.05, 0) is 30.9 Å². The number of ether oxygens (including phenoxy) is 1. The molecule has 1 heterocycles. The highest BCUT2D eigenvalue weighted by Gasteiger charge is 2.34. The highest BCUT2D eigenvalue weighted by molar-refractivity contribution is 5.94. The Hall–Kier alpha value is -2.24. The highest BCUT2D eigenvalue weighted by Crippen LogP contribution is 2.21. The fraction of sp³-hybridized carbons (Fsp3) is 0.529. The minimum Gasteiger partial charge on any atom is -0.497 e. The minimum absolute atomic E-state index is 0.0722.